The molecule has 0 fully saturated rings. The lowest BCUT2D eigenvalue weighted by molar-refractivity contribution is -0.402. The van der Waals surface area contributed by atoms with Crippen molar-refractivity contribution in [2.24, 2.45) is 10.2 Å². The van der Waals surface area contributed by atoms with Crippen LogP contribution in [0.4, 0.5) is 5.88 Å². The van der Waals surface area contributed by atoms with E-state index in [-0.39, 0.29) is 18.3 Å². The van der Waals surface area contributed by atoms with Crippen LogP contribution in [0.1, 0.15) is 10.6 Å². The van der Waals surface area contributed by atoms with E-state index in [0.29, 0.717) is 5.70 Å². The van der Waals surface area contributed by atoms with Crippen LogP contribution in [0.2, 0.25) is 0 Å². The smallest absolute Gasteiger partial charge is 0.433 e. The Labute approximate surface area is 112 Å². The molecule has 2 rings (SSSR count). The van der Waals surface area contributed by atoms with Crippen LogP contribution in [-0.4, -0.2) is 24.5 Å². The van der Waals surface area contributed by atoms with Gasteiger partial charge in [-0.3, -0.25) is 14.9 Å². The quantitative estimate of drug-likeness (QED) is 0.473. The summed E-state index contributed by atoms with van der Waals surface area (Å²) < 4.78 is 14.6. The van der Waals surface area contributed by atoms with Gasteiger partial charge in [0.25, 0.3) is 5.95 Å². The maximum absolute atomic E-state index is 11.6. The fourth-order valence-corrected chi connectivity index (χ4v) is 1.31. The van der Waals surface area contributed by atoms with Gasteiger partial charge in [-0.2, -0.15) is 0 Å². The minimum absolute atomic E-state index is 0.244. The van der Waals surface area contributed by atoms with Gasteiger partial charge in [0.2, 0.25) is 5.76 Å². The molecule has 1 aliphatic heterocycles. The first-order valence-corrected chi connectivity index (χ1v) is 5.39. The first-order valence-electron chi connectivity index (χ1n) is 5.39. The molecular formula is C11H9N3O6. The van der Waals surface area contributed by atoms with E-state index < -0.39 is 16.7 Å². The fourth-order valence-electron chi connectivity index (χ4n) is 1.31. The number of rotatable bonds is 4. The van der Waals surface area contributed by atoms with Crippen molar-refractivity contribution in [2.75, 3.05) is 13.7 Å². The number of hydrogen-bond acceptors (Lipinski definition) is 7. The highest BCUT2D eigenvalue weighted by Gasteiger charge is 2.17. The van der Waals surface area contributed by atoms with Crippen LogP contribution < -0.4 is 0 Å². The van der Waals surface area contributed by atoms with Crippen LogP contribution in [0.5, 0.6) is 0 Å². The summed E-state index contributed by atoms with van der Waals surface area (Å²) in [6, 6.07) is 2.23. The summed E-state index contributed by atoms with van der Waals surface area (Å²) in [5, 5.41) is 17.5. The van der Waals surface area contributed by atoms with Crippen LogP contribution in [0.25, 0.3) is 0 Å². The molecule has 0 bridgehead atoms. The van der Waals surface area contributed by atoms with Gasteiger partial charge in [0.05, 0.1) is 18.9 Å². The van der Waals surface area contributed by atoms with E-state index in [1.807, 2.05) is 0 Å². The third-order valence-corrected chi connectivity index (χ3v) is 2.22. The van der Waals surface area contributed by atoms with Crippen molar-refractivity contribution in [1.29, 1.82) is 0 Å². The molecule has 0 aliphatic carbocycles. The molecule has 0 spiro atoms. The van der Waals surface area contributed by atoms with Gasteiger partial charge in [-0.15, -0.1) is 10.2 Å². The van der Waals surface area contributed by atoms with Crippen LogP contribution in [-0.2, 0) is 9.47 Å². The Kier molecular flexibility index (Phi) is 3.89. The maximum atomic E-state index is 11.6. The molecule has 9 nitrogen and oxygen atoms in total. The highest BCUT2D eigenvalue weighted by molar-refractivity contribution is 5.92. The van der Waals surface area contributed by atoms with Crippen molar-refractivity contribution in [2.45, 2.75) is 0 Å². The van der Waals surface area contributed by atoms with E-state index in [1.54, 1.807) is 6.08 Å². The molecule has 0 N–H and O–H groups in total. The average Bonchev–Trinajstić information content (AvgIpc) is 2.95. The lowest BCUT2D eigenvalue weighted by atomic mass is 10.3. The van der Waals surface area contributed by atoms with Gasteiger partial charge in [0.15, 0.2) is 0 Å². The van der Waals surface area contributed by atoms with Gasteiger partial charge in [0.1, 0.15) is 11.5 Å². The van der Waals surface area contributed by atoms with Gasteiger partial charge >= 0.3 is 11.8 Å². The molecule has 1 aromatic rings. The highest BCUT2D eigenvalue weighted by atomic mass is 16.7. The number of hydrogen-bond donors (Lipinski definition) is 0. The minimum Gasteiger partial charge on any atom is -0.469 e. The van der Waals surface area contributed by atoms with Crippen LogP contribution in [0, 0.1) is 10.1 Å². The van der Waals surface area contributed by atoms with E-state index in [0.717, 1.165) is 12.1 Å². The number of allylic oxidation sites excluding steroid dienone is 1. The van der Waals surface area contributed by atoms with Gasteiger partial charge in [0, 0.05) is 6.08 Å². The Morgan fingerprint density at radius 1 is 1.50 bits per heavy atom. The summed E-state index contributed by atoms with van der Waals surface area (Å²) in [4.78, 5) is 21.3. The standard InChI is InChI=1S/C11H9N3O6/c1-18-10-6-7(4-5-19-10)12-13-11(15)8-2-3-9(20-8)14(16)17/h2-4,6H,5H2,1H3. The predicted molar refractivity (Wildman–Crippen MR) is 63.7 cm³/mol. The first kappa shape index (κ1) is 13.5. The Morgan fingerprint density at radius 2 is 2.30 bits per heavy atom. The monoisotopic (exact) mass is 279 g/mol. The van der Waals surface area contributed by atoms with E-state index in [1.165, 1.54) is 13.2 Å². The topological polar surface area (TPSA) is 117 Å². The minimum atomic E-state index is -0.821. The molecule has 9 heteroatoms. The van der Waals surface area contributed by atoms with E-state index in [9.17, 15) is 14.9 Å². The second-order valence-corrected chi connectivity index (χ2v) is 3.51. The van der Waals surface area contributed by atoms with Crippen molar-refractivity contribution >= 4 is 11.8 Å². The Bertz CT molecular complexity index is 628. The molecule has 0 radical (unpaired) electrons. The van der Waals surface area contributed by atoms with Crippen molar-refractivity contribution in [3.63, 3.8) is 0 Å². The Morgan fingerprint density at radius 3 is 2.95 bits per heavy atom. The molecule has 0 saturated carbocycles. The molecule has 0 aromatic carbocycles. The Hall–Kier alpha value is -2.97. The molecule has 0 saturated heterocycles. The Balaban J connectivity index is 2.07. The number of furan rings is 1. The van der Waals surface area contributed by atoms with Gasteiger partial charge in [-0.1, -0.05) is 0 Å². The number of nitrogens with zero attached hydrogens (tertiary/aromatic N) is 3. The molecular weight excluding hydrogens is 270 g/mol. The summed E-state index contributed by atoms with van der Waals surface area (Å²) in [7, 11) is 1.43. The number of amides is 1. The largest absolute Gasteiger partial charge is 0.469 e. The van der Waals surface area contributed by atoms with E-state index >= 15 is 0 Å². The van der Waals surface area contributed by atoms with Crippen molar-refractivity contribution in [3.8, 4) is 0 Å². The van der Waals surface area contributed by atoms with Crippen molar-refractivity contribution in [1.82, 2.24) is 0 Å². The summed E-state index contributed by atoms with van der Waals surface area (Å²) in [6.45, 7) is 0.244. The predicted octanol–water partition coefficient (Wildman–Crippen LogP) is 2.18. The van der Waals surface area contributed by atoms with Crippen LogP contribution in [0.3, 0.4) is 0 Å². The molecule has 104 valence electrons. The zero-order valence-corrected chi connectivity index (χ0v) is 10.3. The lowest BCUT2D eigenvalue weighted by Gasteiger charge is -2.10. The van der Waals surface area contributed by atoms with Crippen molar-refractivity contribution in [3.05, 3.63) is 51.8 Å². The van der Waals surface area contributed by atoms with E-state index in [4.69, 9.17) is 13.9 Å². The molecule has 1 amide bonds. The maximum Gasteiger partial charge on any atom is 0.433 e. The average molecular weight is 279 g/mol. The van der Waals surface area contributed by atoms with Gasteiger partial charge < -0.3 is 13.9 Å². The number of azo groups is 1. The second-order valence-electron chi connectivity index (χ2n) is 3.51. The number of ether oxygens (including phenoxy) is 2. The fraction of sp³-hybridized carbons (Fsp3) is 0.182. The summed E-state index contributed by atoms with van der Waals surface area (Å²) in [5.74, 6) is -1.36. The third-order valence-electron chi connectivity index (χ3n) is 2.22. The number of nitro groups is 1. The summed E-state index contributed by atoms with van der Waals surface area (Å²) in [6.07, 6.45) is 3.04. The molecule has 0 atom stereocenters. The third kappa shape index (κ3) is 3.07. The number of methoxy groups -OCH3 is 1. The zero-order chi connectivity index (χ0) is 14.5. The molecule has 1 aliphatic rings. The van der Waals surface area contributed by atoms with Gasteiger partial charge in [-0.05, 0) is 12.1 Å². The lowest BCUT2D eigenvalue weighted by Crippen LogP contribution is -2.01. The van der Waals surface area contributed by atoms with Gasteiger partial charge in [-0.25, -0.2) is 0 Å². The van der Waals surface area contributed by atoms with Crippen molar-refractivity contribution < 1.29 is 23.6 Å². The normalized spacial score (nSPS) is 14.4. The summed E-state index contributed by atoms with van der Waals surface area (Å²) >= 11 is 0. The SMILES string of the molecule is COC1=CC(N=NC(=O)c2ccc([N+](=O)[O-])o2)=CCO1. The highest BCUT2D eigenvalue weighted by Crippen LogP contribution is 2.17. The molecule has 2 heterocycles. The number of carbonyl (C=O) groups excluding carboxylic acids is 1. The summed E-state index contributed by atoms with van der Waals surface area (Å²) in [5.41, 5.74) is 0.377. The van der Waals surface area contributed by atoms with Crippen LogP contribution >= 0.6 is 0 Å². The zero-order valence-electron chi connectivity index (χ0n) is 10.3. The van der Waals surface area contributed by atoms with Crippen LogP contribution in [0.15, 0.2) is 50.6 Å². The first-order chi connectivity index (χ1) is 9.60. The van der Waals surface area contributed by atoms with E-state index in [2.05, 4.69) is 10.2 Å². The second kappa shape index (κ2) is 5.78. The molecule has 1 aromatic heterocycles. The molecule has 20 heavy (non-hydrogen) atoms. The molecule has 0 unspecified atom stereocenters. The number of carbonyl (C=O) groups is 1.